The zero-order chi connectivity index (χ0) is 12.3. The van der Waals surface area contributed by atoms with Gasteiger partial charge in [-0.25, -0.2) is 4.39 Å². The van der Waals surface area contributed by atoms with E-state index in [1.807, 2.05) is 10.8 Å². The Morgan fingerprint density at radius 1 is 1.24 bits per heavy atom. The first-order chi connectivity index (χ1) is 8.15. The van der Waals surface area contributed by atoms with E-state index < -0.39 is 5.91 Å². The third-order valence-electron chi connectivity index (χ3n) is 2.42. The van der Waals surface area contributed by atoms with Crippen molar-refractivity contribution in [1.29, 1.82) is 0 Å². The highest BCUT2D eigenvalue weighted by Gasteiger charge is 2.07. The number of benzene rings is 1. The summed E-state index contributed by atoms with van der Waals surface area (Å²) < 4.78 is 14.6. The smallest absolute Gasteiger partial charge is 0.254 e. The van der Waals surface area contributed by atoms with Crippen LogP contribution >= 0.6 is 0 Å². The van der Waals surface area contributed by atoms with E-state index in [2.05, 4.69) is 0 Å². The summed E-state index contributed by atoms with van der Waals surface area (Å²) in [6, 6.07) is 9.65. The predicted molar refractivity (Wildman–Crippen MR) is 60.7 cm³/mol. The molecule has 1 aromatic carbocycles. The molecule has 0 aliphatic rings. The van der Waals surface area contributed by atoms with Crippen LogP contribution in [0.2, 0.25) is 0 Å². The van der Waals surface area contributed by atoms with Gasteiger partial charge in [0.15, 0.2) is 18.9 Å². The minimum absolute atomic E-state index is 0.260. The quantitative estimate of drug-likeness (QED) is 0.794. The molecule has 0 atom stereocenters. The lowest BCUT2D eigenvalue weighted by atomic mass is 10.2. The molecule has 0 fully saturated rings. The van der Waals surface area contributed by atoms with Crippen molar-refractivity contribution in [2.45, 2.75) is 6.54 Å². The fraction of sp³-hybridized carbons (Fsp3) is 0.0769. The molecule has 1 aromatic heterocycles. The normalized spacial score (nSPS) is 10.2. The predicted octanol–water partition coefficient (Wildman–Crippen LogP) is 1.26. The van der Waals surface area contributed by atoms with Gasteiger partial charge in [-0.05, 0) is 30.3 Å². The monoisotopic (exact) mass is 231 g/mol. The van der Waals surface area contributed by atoms with Crippen LogP contribution < -0.4 is 10.3 Å². The molecule has 0 saturated carbocycles. The number of carbonyl (C=O) groups excluding carboxylic acids is 1. The Morgan fingerprint density at radius 3 is 2.59 bits per heavy atom. The van der Waals surface area contributed by atoms with E-state index in [1.54, 1.807) is 30.5 Å². The standard InChI is InChI=1S/C13H11FN2O/c14-12-5-3-10(4-6-12)8-16-7-1-2-11(9-16)13(15)17/h1-7,9H,8H2,(H-,15,17)/p+1. The van der Waals surface area contributed by atoms with Crippen molar-refractivity contribution in [3.8, 4) is 0 Å². The number of nitrogens with zero attached hydrogens (tertiary/aromatic N) is 1. The molecule has 0 saturated heterocycles. The second-order valence-electron chi connectivity index (χ2n) is 3.76. The van der Waals surface area contributed by atoms with E-state index in [1.165, 1.54) is 12.1 Å². The SMILES string of the molecule is NC(=O)c1ccc[n+](Cc2ccc(F)cc2)c1. The molecule has 0 aliphatic carbocycles. The highest BCUT2D eigenvalue weighted by atomic mass is 19.1. The van der Waals surface area contributed by atoms with E-state index in [-0.39, 0.29) is 5.82 Å². The zero-order valence-electron chi connectivity index (χ0n) is 9.14. The molecule has 0 radical (unpaired) electrons. The molecule has 86 valence electrons. The Morgan fingerprint density at radius 2 is 1.94 bits per heavy atom. The van der Waals surface area contributed by atoms with Gasteiger partial charge in [0.1, 0.15) is 11.4 Å². The zero-order valence-corrected chi connectivity index (χ0v) is 9.14. The van der Waals surface area contributed by atoms with E-state index in [0.29, 0.717) is 12.1 Å². The molecule has 1 heterocycles. The second-order valence-corrected chi connectivity index (χ2v) is 3.76. The van der Waals surface area contributed by atoms with E-state index >= 15 is 0 Å². The fourth-order valence-corrected chi connectivity index (χ4v) is 1.57. The molecule has 2 aromatic rings. The van der Waals surface area contributed by atoms with Crippen molar-refractivity contribution in [2.75, 3.05) is 0 Å². The van der Waals surface area contributed by atoms with Crippen molar-refractivity contribution in [3.05, 3.63) is 65.7 Å². The summed E-state index contributed by atoms with van der Waals surface area (Å²) in [5, 5.41) is 0. The average Bonchev–Trinajstić information content (AvgIpc) is 2.32. The summed E-state index contributed by atoms with van der Waals surface area (Å²) in [5.74, 6) is -0.719. The lowest BCUT2D eigenvalue weighted by Gasteiger charge is -1.99. The molecule has 0 spiro atoms. The molecular weight excluding hydrogens is 219 g/mol. The Hall–Kier alpha value is -2.23. The molecule has 4 heteroatoms. The van der Waals surface area contributed by atoms with E-state index in [9.17, 15) is 9.18 Å². The van der Waals surface area contributed by atoms with Crippen LogP contribution in [0.4, 0.5) is 4.39 Å². The molecule has 2 N–H and O–H groups in total. The molecule has 0 bridgehead atoms. The van der Waals surface area contributed by atoms with E-state index in [0.717, 1.165) is 5.56 Å². The van der Waals surface area contributed by atoms with Crippen molar-refractivity contribution < 1.29 is 13.8 Å². The number of aromatic nitrogens is 1. The van der Waals surface area contributed by atoms with Gasteiger partial charge in [0.25, 0.3) is 5.91 Å². The first-order valence-corrected chi connectivity index (χ1v) is 5.18. The first kappa shape index (κ1) is 11.3. The number of nitrogens with two attached hydrogens (primary N) is 1. The maximum absolute atomic E-state index is 12.7. The molecular formula is C13H12FN2O+. The number of hydrogen-bond acceptors (Lipinski definition) is 1. The van der Waals surface area contributed by atoms with Crippen LogP contribution in [0, 0.1) is 5.82 Å². The van der Waals surface area contributed by atoms with Crippen molar-refractivity contribution >= 4 is 5.91 Å². The number of hydrogen-bond donors (Lipinski definition) is 1. The van der Waals surface area contributed by atoms with Gasteiger partial charge >= 0.3 is 0 Å². The van der Waals surface area contributed by atoms with Crippen molar-refractivity contribution in [1.82, 2.24) is 0 Å². The van der Waals surface area contributed by atoms with Gasteiger partial charge in [-0.1, -0.05) is 0 Å². The Bertz CT molecular complexity index is 537. The number of halogens is 1. The van der Waals surface area contributed by atoms with Gasteiger partial charge < -0.3 is 5.73 Å². The Balaban J connectivity index is 2.21. The van der Waals surface area contributed by atoms with Crippen LogP contribution in [0.15, 0.2) is 48.8 Å². The second kappa shape index (κ2) is 4.74. The van der Waals surface area contributed by atoms with Crippen LogP contribution in [0.5, 0.6) is 0 Å². The molecule has 3 nitrogen and oxygen atoms in total. The van der Waals surface area contributed by atoms with Gasteiger partial charge in [-0.15, -0.1) is 0 Å². The maximum Gasteiger partial charge on any atom is 0.254 e. The average molecular weight is 231 g/mol. The minimum atomic E-state index is -0.460. The molecule has 0 aliphatic heterocycles. The van der Waals surface area contributed by atoms with Crippen LogP contribution in [0.1, 0.15) is 15.9 Å². The number of rotatable bonds is 3. The topological polar surface area (TPSA) is 47.0 Å². The summed E-state index contributed by atoms with van der Waals surface area (Å²) in [5.41, 5.74) is 6.60. The molecule has 17 heavy (non-hydrogen) atoms. The van der Waals surface area contributed by atoms with Crippen LogP contribution in [0.25, 0.3) is 0 Å². The van der Waals surface area contributed by atoms with Gasteiger partial charge in [-0.3, -0.25) is 4.79 Å². The lowest BCUT2D eigenvalue weighted by Crippen LogP contribution is -2.35. The summed E-state index contributed by atoms with van der Waals surface area (Å²) in [6.07, 6.45) is 3.50. The van der Waals surface area contributed by atoms with Gasteiger partial charge in [0.2, 0.25) is 0 Å². The van der Waals surface area contributed by atoms with Crippen molar-refractivity contribution in [3.63, 3.8) is 0 Å². The third kappa shape index (κ3) is 2.87. The van der Waals surface area contributed by atoms with Crippen LogP contribution in [-0.4, -0.2) is 5.91 Å². The third-order valence-corrected chi connectivity index (χ3v) is 2.42. The Kier molecular flexibility index (Phi) is 3.14. The summed E-state index contributed by atoms with van der Waals surface area (Å²) in [7, 11) is 0. The van der Waals surface area contributed by atoms with Gasteiger partial charge in [-0.2, -0.15) is 4.57 Å². The number of pyridine rings is 1. The lowest BCUT2D eigenvalue weighted by molar-refractivity contribution is -0.688. The van der Waals surface area contributed by atoms with Crippen LogP contribution in [-0.2, 0) is 6.54 Å². The van der Waals surface area contributed by atoms with E-state index in [4.69, 9.17) is 5.73 Å². The number of carbonyl (C=O) groups is 1. The Labute approximate surface area is 98.3 Å². The highest BCUT2D eigenvalue weighted by molar-refractivity contribution is 5.92. The largest absolute Gasteiger partial charge is 0.365 e. The number of amides is 1. The summed E-state index contributed by atoms with van der Waals surface area (Å²) in [6.45, 7) is 0.571. The van der Waals surface area contributed by atoms with Crippen LogP contribution in [0.3, 0.4) is 0 Å². The fourth-order valence-electron chi connectivity index (χ4n) is 1.57. The molecule has 0 unspecified atom stereocenters. The highest BCUT2D eigenvalue weighted by Crippen LogP contribution is 2.02. The first-order valence-electron chi connectivity index (χ1n) is 5.18. The molecule has 1 amide bonds. The van der Waals surface area contributed by atoms with Crippen molar-refractivity contribution in [2.24, 2.45) is 5.73 Å². The minimum Gasteiger partial charge on any atom is -0.365 e. The van der Waals surface area contributed by atoms with Gasteiger partial charge in [0, 0.05) is 11.6 Å². The maximum atomic E-state index is 12.7. The summed E-state index contributed by atoms with van der Waals surface area (Å²) in [4.78, 5) is 11.0. The van der Waals surface area contributed by atoms with Gasteiger partial charge in [0.05, 0.1) is 0 Å². The summed E-state index contributed by atoms with van der Waals surface area (Å²) >= 11 is 0. The number of primary amides is 1. The molecule has 2 rings (SSSR count).